The van der Waals surface area contributed by atoms with Crippen LogP contribution in [0.1, 0.15) is 18.1 Å². The zero-order valence-corrected chi connectivity index (χ0v) is 16.8. The Morgan fingerprint density at radius 3 is 2.48 bits per heavy atom. The Morgan fingerprint density at radius 1 is 1.22 bits per heavy atom. The fourth-order valence-electron chi connectivity index (χ4n) is 2.62. The lowest BCUT2D eigenvalue weighted by Gasteiger charge is -2.26. The van der Waals surface area contributed by atoms with Crippen LogP contribution in [0.15, 0.2) is 36.7 Å². The van der Waals surface area contributed by atoms with Crippen molar-refractivity contribution in [1.29, 1.82) is 0 Å². The molecule has 0 saturated heterocycles. The lowest BCUT2D eigenvalue weighted by Crippen LogP contribution is -2.41. The first-order valence-corrected chi connectivity index (χ1v) is 8.96. The topological polar surface area (TPSA) is 62.7 Å². The van der Waals surface area contributed by atoms with Gasteiger partial charge in [-0.25, -0.2) is 0 Å². The SMILES string of the molecule is COc1cc(Cl)c(C)cc1N(CC(=O)N(C)CCc1ccncc1)C(C)=O. The molecule has 0 aliphatic heterocycles. The smallest absolute Gasteiger partial charge is 0.242 e. The molecule has 1 aromatic heterocycles. The summed E-state index contributed by atoms with van der Waals surface area (Å²) in [4.78, 5) is 31.9. The molecule has 0 saturated carbocycles. The molecule has 144 valence electrons. The third-order valence-electron chi connectivity index (χ3n) is 4.34. The molecule has 0 radical (unpaired) electrons. The average molecular weight is 390 g/mol. The van der Waals surface area contributed by atoms with Crippen LogP contribution in [0.2, 0.25) is 5.02 Å². The first-order valence-electron chi connectivity index (χ1n) is 8.58. The zero-order valence-electron chi connectivity index (χ0n) is 16.0. The second-order valence-electron chi connectivity index (χ2n) is 6.30. The van der Waals surface area contributed by atoms with Gasteiger partial charge in [0.05, 0.1) is 12.8 Å². The molecule has 0 aliphatic rings. The minimum Gasteiger partial charge on any atom is -0.495 e. The first kappa shape index (κ1) is 20.7. The van der Waals surface area contributed by atoms with E-state index < -0.39 is 0 Å². The number of anilines is 1. The summed E-state index contributed by atoms with van der Waals surface area (Å²) in [5.41, 5.74) is 2.43. The molecule has 1 heterocycles. The van der Waals surface area contributed by atoms with Gasteiger partial charge < -0.3 is 9.64 Å². The molecule has 2 aromatic rings. The van der Waals surface area contributed by atoms with Crippen LogP contribution in [0.3, 0.4) is 0 Å². The molecular formula is C20H24ClN3O3. The summed E-state index contributed by atoms with van der Waals surface area (Å²) in [6.45, 7) is 3.74. The number of ether oxygens (including phenoxy) is 1. The van der Waals surface area contributed by atoms with Crippen molar-refractivity contribution in [1.82, 2.24) is 9.88 Å². The fourth-order valence-corrected chi connectivity index (χ4v) is 2.77. The maximum atomic E-state index is 12.7. The highest BCUT2D eigenvalue weighted by molar-refractivity contribution is 6.31. The number of amides is 2. The van der Waals surface area contributed by atoms with Crippen molar-refractivity contribution < 1.29 is 14.3 Å². The summed E-state index contributed by atoms with van der Waals surface area (Å²) in [7, 11) is 3.23. The molecule has 6 nitrogen and oxygen atoms in total. The summed E-state index contributed by atoms with van der Waals surface area (Å²) in [5, 5.41) is 0.542. The highest BCUT2D eigenvalue weighted by atomic mass is 35.5. The lowest BCUT2D eigenvalue weighted by atomic mass is 10.1. The third-order valence-corrected chi connectivity index (χ3v) is 4.74. The second-order valence-corrected chi connectivity index (χ2v) is 6.71. The molecule has 0 spiro atoms. The third kappa shape index (κ3) is 5.44. The molecule has 0 N–H and O–H groups in total. The van der Waals surface area contributed by atoms with Crippen molar-refractivity contribution in [3.63, 3.8) is 0 Å². The van der Waals surface area contributed by atoms with E-state index >= 15 is 0 Å². The van der Waals surface area contributed by atoms with Crippen molar-refractivity contribution in [2.45, 2.75) is 20.3 Å². The molecule has 0 bridgehead atoms. The number of aryl methyl sites for hydroxylation is 1. The number of benzene rings is 1. The molecule has 0 aliphatic carbocycles. The van der Waals surface area contributed by atoms with E-state index in [1.54, 1.807) is 36.5 Å². The van der Waals surface area contributed by atoms with Crippen LogP contribution in [-0.4, -0.2) is 48.9 Å². The fraction of sp³-hybridized carbons (Fsp3) is 0.350. The minimum atomic E-state index is -0.245. The van der Waals surface area contributed by atoms with Crippen LogP contribution >= 0.6 is 11.6 Å². The van der Waals surface area contributed by atoms with Gasteiger partial charge in [-0.1, -0.05) is 11.6 Å². The summed E-state index contributed by atoms with van der Waals surface area (Å²) in [5.74, 6) is 0.0489. The molecule has 27 heavy (non-hydrogen) atoms. The molecule has 0 unspecified atom stereocenters. The Kier molecular flexibility index (Phi) is 7.19. The summed E-state index contributed by atoms with van der Waals surface area (Å²) < 4.78 is 5.35. The highest BCUT2D eigenvalue weighted by Gasteiger charge is 2.22. The number of carbonyl (C=O) groups is 2. The number of carbonyl (C=O) groups excluding carboxylic acids is 2. The molecule has 2 amide bonds. The predicted molar refractivity (Wildman–Crippen MR) is 106 cm³/mol. The van der Waals surface area contributed by atoms with E-state index in [0.717, 1.165) is 11.1 Å². The number of likely N-dealkylation sites (N-methyl/N-ethyl adjacent to an activating group) is 1. The first-order chi connectivity index (χ1) is 12.8. The van der Waals surface area contributed by atoms with Crippen LogP contribution in [0.4, 0.5) is 5.69 Å². The number of aromatic nitrogens is 1. The van der Waals surface area contributed by atoms with Gasteiger partial charge in [0, 0.05) is 44.0 Å². The van der Waals surface area contributed by atoms with E-state index in [4.69, 9.17) is 16.3 Å². The Hall–Kier alpha value is -2.60. The van der Waals surface area contributed by atoms with Crippen molar-refractivity contribution in [3.8, 4) is 5.75 Å². The predicted octanol–water partition coefficient (Wildman–Crippen LogP) is 3.11. The minimum absolute atomic E-state index is 0.0698. The van der Waals surface area contributed by atoms with Gasteiger partial charge in [-0.05, 0) is 42.7 Å². The van der Waals surface area contributed by atoms with Gasteiger partial charge in [0.1, 0.15) is 12.3 Å². The lowest BCUT2D eigenvalue weighted by molar-refractivity contribution is -0.130. The normalized spacial score (nSPS) is 10.4. The van der Waals surface area contributed by atoms with E-state index in [1.807, 2.05) is 19.1 Å². The summed E-state index contributed by atoms with van der Waals surface area (Å²) in [6.07, 6.45) is 4.17. The van der Waals surface area contributed by atoms with Crippen molar-refractivity contribution in [2.24, 2.45) is 0 Å². The molecule has 7 heteroatoms. The van der Waals surface area contributed by atoms with Gasteiger partial charge in [0.2, 0.25) is 11.8 Å². The van der Waals surface area contributed by atoms with Crippen LogP contribution in [-0.2, 0) is 16.0 Å². The summed E-state index contributed by atoms with van der Waals surface area (Å²) in [6, 6.07) is 7.25. The standard InChI is InChI=1S/C20H24ClN3O3/c1-14-11-18(19(27-4)12-17(14)21)24(15(2)25)13-20(26)23(3)10-7-16-5-8-22-9-6-16/h5-6,8-9,11-12H,7,10,13H2,1-4H3. The Balaban J connectivity index is 2.12. The Morgan fingerprint density at radius 2 is 1.89 bits per heavy atom. The van der Waals surface area contributed by atoms with Crippen LogP contribution in [0.25, 0.3) is 0 Å². The average Bonchev–Trinajstić information content (AvgIpc) is 2.66. The highest BCUT2D eigenvalue weighted by Crippen LogP contribution is 2.34. The van der Waals surface area contributed by atoms with E-state index in [2.05, 4.69) is 4.98 Å². The van der Waals surface area contributed by atoms with E-state index in [9.17, 15) is 9.59 Å². The largest absolute Gasteiger partial charge is 0.495 e. The Bertz CT molecular complexity index is 812. The summed E-state index contributed by atoms with van der Waals surface area (Å²) >= 11 is 6.14. The van der Waals surface area contributed by atoms with Gasteiger partial charge in [-0.3, -0.25) is 19.5 Å². The number of rotatable bonds is 7. The van der Waals surface area contributed by atoms with Crippen molar-refractivity contribution >= 4 is 29.1 Å². The van der Waals surface area contributed by atoms with E-state index in [0.29, 0.717) is 29.4 Å². The molecule has 0 atom stereocenters. The van der Waals surface area contributed by atoms with Crippen molar-refractivity contribution in [2.75, 3.05) is 32.1 Å². The Labute approximate surface area is 164 Å². The van der Waals surface area contributed by atoms with Gasteiger partial charge in [-0.15, -0.1) is 0 Å². The molecule has 2 rings (SSSR count). The molecule has 0 fully saturated rings. The number of pyridine rings is 1. The molecular weight excluding hydrogens is 366 g/mol. The van der Waals surface area contributed by atoms with Gasteiger partial charge in [0.15, 0.2) is 0 Å². The van der Waals surface area contributed by atoms with Gasteiger partial charge >= 0.3 is 0 Å². The monoisotopic (exact) mass is 389 g/mol. The number of methoxy groups -OCH3 is 1. The molecule has 1 aromatic carbocycles. The van der Waals surface area contributed by atoms with Crippen LogP contribution in [0.5, 0.6) is 5.75 Å². The number of halogens is 1. The van der Waals surface area contributed by atoms with Gasteiger partial charge in [0.25, 0.3) is 0 Å². The maximum absolute atomic E-state index is 12.7. The van der Waals surface area contributed by atoms with E-state index in [-0.39, 0.29) is 18.4 Å². The zero-order chi connectivity index (χ0) is 20.0. The number of hydrogen-bond acceptors (Lipinski definition) is 4. The van der Waals surface area contributed by atoms with Gasteiger partial charge in [-0.2, -0.15) is 0 Å². The van der Waals surface area contributed by atoms with Crippen LogP contribution < -0.4 is 9.64 Å². The second kappa shape index (κ2) is 9.37. The quantitative estimate of drug-likeness (QED) is 0.730. The van der Waals surface area contributed by atoms with E-state index in [1.165, 1.54) is 18.9 Å². The maximum Gasteiger partial charge on any atom is 0.242 e. The van der Waals surface area contributed by atoms with Crippen molar-refractivity contribution in [3.05, 3.63) is 52.8 Å². The number of nitrogens with zero attached hydrogens (tertiary/aromatic N) is 3. The number of hydrogen-bond donors (Lipinski definition) is 0. The van der Waals surface area contributed by atoms with Crippen LogP contribution in [0, 0.1) is 6.92 Å².